The van der Waals surface area contributed by atoms with Crippen molar-refractivity contribution in [2.24, 2.45) is 0 Å². The minimum absolute atomic E-state index is 0.824. The van der Waals surface area contributed by atoms with Crippen LogP contribution >= 0.6 is 12.1 Å². The van der Waals surface area contributed by atoms with E-state index in [2.05, 4.69) is 133 Å². The minimum atomic E-state index is -2.34. The third kappa shape index (κ3) is 4.62. The fraction of sp³-hybridized carbons (Fsp3) is 0. The third-order valence-corrected chi connectivity index (χ3v) is 21.9. The molecule has 4 aliphatic rings. The number of fused-ring (bicyclic) bond motifs is 16. The molecule has 0 saturated carbocycles. The van der Waals surface area contributed by atoms with Gasteiger partial charge in [0.1, 0.15) is 46.0 Å². The van der Waals surface area contributed by atoms with E-state index in [0.717, 1.165) is 121 Å². The van der Waals surface area contributed by atoms with E-state index in [1.807, 2.05) is 48.5 Å². The Balaban J connectivity index is 0.000000123. The van der Waals surface area contributed by atoms with Crippen LogP contribution in [-0.4, -0.2) is 0 Å². The van der Waals surface area contributed by atoms with Gasteiger partial charge in [0.15, 0.2) is 0 Å². The molecular weight excluding hydrogens is 815 g/mol. The van der Waals surface area contributed by atoms with Crippen LogP contribution in [0.1, 0.15) is 0 Å². The van der Waals surface area contributed by atoms with Crippen LogP contribution in [0.25, 0.3) is 43.1 Å². The second kappa shape index (κ2) is 12.6. The largest absolute Gasteiger partial charge is 0.456 e. The molecule has 0 saturated heterocycles. The highest BCUT2D eigenvalue weighted by atomic mass is 32.4. The van der Waals surface area contributed by atoms with E-state index in [1.54, 1.807) is 0 Å². The van der Waals surface area contributed by atoms with Gasteiger partial charge in [-0.05, 0) is 70.1 Å². The maximum Gasteiger partial charge on any atom is 0.148 e. The van der Waals surface area contributed by atoms with Crippen molar-refractivity contribution < 1.29 is 18.9 Å². The lowest BCUT2D eigenvalue weighted by molar-refractivity contribution is 0.472. The molecule has 8 heteroatoms. The Morgan fingerprint density at radius 3 is 1.18 bits per heavy atom. The van der Waals surface area contributed by atoms with Crippen molar-refractivity contribution in [1.29, 1.82) is 0 Å². The molecule has 10 aromatic rings. The highest BCUT2D eigenvalue weighted by Crippen LogP contribution is 2.62. The molecular formula is C52H30O4P2S2. The molecule has 0 bridgehead atoms. The van der Waals surface area contributed by atoms with Gasteiger partial charge in [0.25, 0.3) is 0 Å². The van der Waals surface area contributed by atoms with Gasteiger partial charge in [-0.15, -0.1) is 0 Å². The molecule has 0 spiro atoms. The van der Waals surface area contributed by atoms with E-state index in [0.29, 0.717) is 0 Å². The van der Waals surface area contributed by atoms with Gasteiger partial charge in [-0.3, -0.25) is 0 Å². The number of rotatable bonds is 0. The van der Waals surface area contributed by atoms with Gasteiger partial charge in [-0.25, -0.2) is 0 Å². The van der Waals surface area contributed by atoms with Crippen molar-refractivity contribution in [3.8, 4) is 46.0 Å². The Bertz CT molecular complexity index is 3610. The molecule has 4 aliphatic heterocycles. The van der Waals surface area contributed by atoms with Gasteiger partial charge in [0, 0.05) is 42.8 Å². The predicted octanol–water partition coefficient (Wildman–Crippen LogP) is 11.9. The normalized spacial score (nSPS) is 18.1. The summed E-state index contributed by atoms with van der Waals surface area (Å²) in [5.41, 5.74) is 0. The summed E-state index contributed by atoms with van der Waals surface area (Å²) in [6.07, 6.45) is 0. The quantitative estimate of drug-likeness (QED) is 0.142. The molecule has 60 heavy (non-hydrogen) atoms. The number of para-hydroxylation sites is 2. The third-order valence-electron chi connectivity index (χ3n) is 12.2. The van der Waals surface area contributed by atoms with Crippen LogP contribution in [0, 0.1) is 0 Å². The lowest BCUT2D eigenvalue weighted by Crippen LogP contribution is -2.35. The smallest absolute Gasteiger partial charge is 0.148 e. The number of benzene rings is 10. The second-order valence-corrected chi connectivity index (χ2v) is 23.9. The van der Waals surface area contributed by atoms with E-state index in [4.69, 9.17) is 42.6 Å². The van der Waals surface area contributed by atoms with Crippen LogP contribution in [0.2, 0.25) is 0 Å². The van der Waals surface area contributed by atoms with Gasteiger partial charge in [0.2, 0.25) is 0 Å². The standard InChI is InChI=1S/2C26H15O2PS/c30-29-22-12-6-5-11-20(22)27-25-19-10-4-2-8-17(19)15-21(26(25)29)28-24-18-9-3-1-7-16(18)13-14-23(24)29;30-29-22-12-6-5-11-20(22)27-21-15-17-8-2-4-10-19(17)25(26(21)29)28-24-18-9-3-1-7-16(18)13-14-23(24)29/h2*1-15H. The molecule has 4 heterocycles. The Morgan fingerprint density at radius 2 is 0.650 bits per heavy atom. The Labute approximate surface area is 355 Å². The summed E-state index contributed by atoms with van der Waals surface area (Å²) < 4.78 is 26.2. The van der Waals surface area contributed by atoms with E-state index >= 15 is 0 Å². The molecule has 284 valence electrons. The summed E-state index contributed by atoms with van der Waals surface area (Å²) in [5.74, 6) is 6.85. The lowest BCUT2D eigenvalue weighted by atomic mass is 10.1. The zero-order chi connectivity index (χ0) is 39.7. The van der Waals surface area contributed by atoms with Crippen molar-refractivity contribution in [2.45, 2.75) is 0 Å². The number of hydrogen-bond acceptors (Lipinski definition) is 6. The topological polar surface area (TPSA) is 36.9 Å². The van der Waals surface area contributed by atoms with E-state index in [9.17, 15) is 0 Å². The Kier molecular flexibility index (Phi) is 7.28. The van der Waals surface area contributed by atoms with Gasteiger partial charge in [0.05, 0.1) is 22.7 Å². The van der Waals surface area contributed by atoms with Crippen molar-refractivity contribution in [1.82, 2.24) is 0 Å². The van der Waals surface area contributed by atoms with Crippen LogP contribution in [0.15, 0.2) is 182 Å². The summed E-state index contributed by atoms with van der Waals surface area (Å²) in [4.78, 5) is 0. The first-order valence-corrected chi connectivity index (χ1v) is 25.4. The number of ether oxygens (including phenoxy) is 4. The van der Waals surface area contributed by atoms with Gasteiger partial charge in [-0.2, -0.15) is 0 Å². The summed E-state index contributed by atoms with van der Waals surface area (Å²) in [7, 11) is 0. The van der Waals surface area contributed by atoms with E-state index in [-0.39, 0.29) is 0 Å². The molecule has 0 amide bonds. The molecule has 0 radical (unpaired) electrons. The predicted molar refractivity (Wildman–Crippen MR) is 255 cm³/mol. The van der Waals surface area contributed by atoms with Crippen molar-refractivity contribution in [3.63, 3.8) is 0 Å². The Hall–Kier alpha value is -6.26. The molecule has 0 aliphatic carbocycles. The average Bonchev–Trinajstić information content (AvgIpc) is 3.29. The lowest BCUT2D eigenvalue weighted by Gasteiger charge is -2.38. The van der Waals surface area contributed by atoms with Crippen LogP contribution in [0.4, 0.5) is 0 Å². The van der Waals surface area contributed by atoms with Crippen molar-refractivity contribution in [2.75, 3.05) is 0 Å². The second-order valence-electron chi connectivity index (χ2n) is 15.4. The summed E-state index contributed by atoms with van der Waals surface area (Å²) >= 11 is 13.3. The maximum atomic E-state index is 6.71. The van der Waals surface area contributed by atoms with E-state index in [1.165, 1.54) is 0 Å². The first kappa shape index (κ1) is 34.6. The molecule has 0 fully saturated rings. The molecule has 10 aromatic carbocycles. The summed E-state index contributed by atoms with van der Waals surface area (Å²) in [6.45, 7) is 0. The van der Waals surface area contributed by atoms with Gasteiger partial charge >= 0.3 is 0 Å². The summed E-state index contributed by atoms with van der Waals surface area (Å²) in [5, 5.41) is 15.3. The van der Waals surface area contributed by atoms with E-state index < -0.39 is 12.1 Å². The molecule has 0 N–H and O–H groups in total. The molecule has 0 aromatic heterocycles. The average molecular weight is 845 g/mol. The van der Waals surface area contributed by atoms with Gasteiger partial charge < -0.3 is 18.9 Å². The first-order valence-electron chi connectivity index (χ1n) is 19.8. The molecule has 2 atom stereocenters. The molecule has 14 rings (SSSR count). The fourth-order valence-electron chi connectivity index (χ4n) is 9.48. The fourth-order valence-corrected chi connectivity index (χ4v) is 18.4. The molecule has 4 nitrogen and oxygen atoms in total. The monoisotopic (exact) mass is 844 g/mol. The molecule has 2 unspecified atom stereocenters. The number of hydrogen-bond donors (Lipinski definition) is 0. The maximum absolute atomic E-state index is 6.71. The van der Waals surface area contributed by atoms with Crippen LogP contribution in [0.5, 0.6) is 46.0 Å². The SMILES string of the molecule is S=P12c3ccccc3Oc3c1c(cc1ccccc31)Oc1c2ccc2ccccc12.S=P12c3ccccc3Oc3cc4ccccc4c(c31)Oc1c2ccc2ccccc12. The minimum Gasteiger partial charge on any atom is -0.456 e. The van der Waals surface area contributed by atoms with Crippen LogP contribution in [-0.2, 0) is 23.6 Å². The Morgan fingerprint density at radius 1 is 0.283 bits per heavy atom. The van der Waals surface area contributed by atoms with Crippen LogP contribution < -0.4 is 50.8 Å². The zero-order valence-corrected chi connectivity index (χ0v) is 35.1. The zero-order valence-electron chi connectivity index (χ0n) is 31.7. The van der Waals surface area contributed by atoms with Crippen molar-refractivity contribution in [3.05, 3.63) is 182 Å². The van der Waals surface area contributed by atoms with Gasteiger partial charge in [-0.1, -0.05) is 157 Å². The highest BCUT2D eigenvalue weighted by molar-refractivity contribution is 8.26. The first-order chi connectivity index (χ1) is 29.5. The van der Waals surface area contributed by atoms with Crippen molar-refractivity contribution >= 4 is 111 Å². The summed E-state index contributed by atoms with van der Waals surface area (Å²) in [6, 6.07) is 58.0. The van der Waals surface area contributed by atoms with Crippen LogP contribution in [0.3, 0.4) is 0 Å². The highest BCUT2D eigenvalue weighted by Gasteiger charge is 2.45.